The van der Waals surface area contributed by atoms with E-state index in [1.807, 2.05) is 10.8 Å². The molecule has 3 atom stereocenters. The first-order valence-electron chi connectivity index (χ1n) is 7.67. The Kier molecular flexibility index (Phi) is 4.71. The van der Waals surface area contributed by atoms with Crippen LogP contribution >= 0.6 is 0 Å². The zero-order valence-corrected chi connectivity index (χ0v) is 13.0. The van der Waals surface area contributed by atoms with Gasteiger partial charge in [-0.05, 0) is 18.8 Å². The zero-order valence-electron chi connectivity index (χ0n) is 13.0. The molecule has 0 aromatic carbocycles. The van der Waals surface area contributed by atoms with Crippen molar-refractivity contribution in [2.24, 2.45) is 5.92 Å². The van der Waals surface area contributed by atoms with Gasteiger partial charge in [-0.1, -0.05) is 0 Å². The predicted molar refractivity (Wildman–Crippen MR) is 79.2 cm³/mol. The second-order valence-corrected chi connectivity index (χ2v) is 6.04. The second-order valence-electron chi connectivity index (χ2n) is 6.04. The third kappa shape index (κ3) is 4.13. The molecule has 10 heteroatoms. The Balaban J connectivity index is 1.59. The lowest BCUT2D eigenvalue weighted by Crippen LogP contribution is -2.40. The molecular formula is C15H16F3N5O2. The van der Waals surface area contributed by atoms with E-state index < -0.39 is 30.1 Å². The topological polar surface area (TPSA) is 92.9 Å². The van der Waals surface area contributed by atoms with Crippen LogP contribution in [0.25, 0.3) is 0 Å². The van der Waals surface area contributed by atoms with Crippen molar-refractivity contribution in [2.75, 3.05) is 0 Å². The highest BCUT2D eigenvalue weighted by molar-refractivity contribution is 5.93. The number of alkyl halides is 3. The van der Waals surface area contributed by atoms with Gasteiger partial charge >= 0.3 is 6.18 Å². The number of aliphatic hydroxyl groups excluding tert-OH is 1. The molecule has 3 rings (SSSR count). The minimum Gasteiger partial charge on any atom is -0.391 e. The molecule has 2 heterocycles. The summed E-state index contributed by atoms with van der Waals surface area (Å²) in [6, 6.07) is -0.469. The summed E-state index contributed by atoms with van der Waals surface area (Å²) in [5, 5.41) is 12.8. The summed E-state index contributed by atoms with van der Waals surface area (Å²) < 4.78 is 39.2. The van der Waals surface area contributed by atoms with Gasteiger partial charge in [0.05, 0.1) is 24.0 Å². The fourth-order valence-corrected chi connectivity index (χ4v) is 2.96. The van der Waals surface area contributed by atoms with Gasteiger partial charge in [0.25, 0.3) is 5.91 Å². The number of nitrogens with one attached hydrogen (secondary N) is 1. The molecular weight excluding hydrogens is 339 g/mol. The van der Waals surface area contributed by atoms with E-state index in [1.165, 1.54) is 0 Å². The summed E-state index contributed by atoms with van der Waals surface area (Å²) in [4.78, 5) is 22.4. The maximum absolute atomic E-state index is 12.4. The van der Waals surface area contributed by atoms with Gasteiger partial charge in [0.2, 0.25) is 5.82 Å². The van der Waals surface area contributed by atoms with Gasteiger partial charge in [0.15, 0.2) is 0 Å². The largest absolute Gasteiger partial charge is 0.451 e. The molecule has 0 bridgehead atoms. The predicted octanol–water partition coefficient (Wildman–Crippen LogP) is 1.26. The van der Waals surface area contributed by atoms with Crippen LogP contribution in [-0.2, 0) is 12.7 Å². The minimum absolute atomic E-state index is 0.0849. The summed E-state index contributed by atoms with van der Waals surface area (Å²) in [6.07, 6.45) is 2.53. The molecule has 0 aliphatic heterocycles. The average molecular weight is 355 g/mol. The molecule has 2 N–H and O–H groups in total. The molecule has 0 spiro atoms. The normalized spacial score (nSPS) is 23.6. The van der Waals surface area contributed by atoms with Crippen molar-refractivity contribution >= 4 is 5.91 Å². The lowest BCUT2D eigenvalue weighted by molar-refractivity contribution is -0.145. The lowest BCUT2D eigenvalue weighted by atomic mass is 10.1. The Bertz CT molecular complexity index is 718. The number of aromatic nitrogens is 4. The van der Waals surface area contributed by atoms with Crippen LogP contribution in [0.2, 0.25) is 0 Å². The van der Waals surface area contributed by atoms with Crippen molar-refractivity contribution in [3.63, 3.8) is 0 Å². The molecule has 2 aromatic heterocycles. The van der Waals surface area contributed by atoms with Crippen molar-refractivity contribution in [1.82, 2.24) is 24.8 Å². The average Bonchev–Trinajstić information content (AvgIpc) is 3.17. The van der Waals surface area contributed by atoms with E-state index in [9.17, 15) is 23.1 Å². The molecule has 2 aromatic rings. The molecule has 1 saturated carbocycles. The van der Waals surface area contributed by atoms with Gasteiger partial charge in [-0.2, -0.15) is 13.2 Å². The van der Waals surface area contributed by atoms with Gasteiger partial charge < -0.3 is 15.0 Å². The molecule has 1 unspecified atom stereocenters. The first-order chi connectivity index (χ1) is 11.8. The monoisotopic (exact) mass is 355 g/mol. The van der Waals surface area contributed by atoms with Crippen molar-refractivity contribution in [1.29, 1.82) is 0 Å². The Hall–Kier alpha value is -2.49. The van der Waals surface area contributed by atoms with Gasteiger partial charge in [-0.3, -0.25) is 4.79 Å². The number of carbonyl (C=O) groups is 1. The Labute approximate surface area is 140 Å². The number of halogens is 3. The number of aliphatic hydroxyl groups is 1. The minimum atomic E-state index is -4.66. The Morgan fingerprint density at radius 1 is 1.32 bits per heavy atom. The van der Waals surface area contributed by atoms with E-state index in [0.29, 0.717) is 19.4 Å². The van der Waals surface area contributed by atoms with Crippen LogP contribution in [-0.4, -0.2) is 42.7 Å². The van der Waals surface area contributed by atoms with Crippen LogP contribution in [0.3, 0.4) is 0 Å². The SMILES string of the molecule is O=C(N[C@@H]1CC(Cn2ccnc2)C[C@H]1O)c1cnc(C(F)(F)F)nc1. The van der Waals surface area contributed by atoms with Gasteiger partial charge in [0.1, 0.15) is 0 Å². The zero-order chi connectivity index (χ0) is 18.0. The van der Waals surface area contributed by atoms with E-state index in [1.54, 1.807) is 12.5 Å². The van der Waals surface area contributed by atoms with Gasteiger partial charge in [-0.15, -0.1) is 0 Å². The molecule has 7 nitrogen and oxygen atoms in total. The third-order valence-corrected chi connectivity index (χ3v) is 4.14. The van der Waals surface area contributed by atoms with Crippen molar-refractivity contribution < 1.29 is 23.1 Å². The van der Waals surface area contributed by atoms with Crippen molar-refractivity contribution in [3.05, 3.63) is 42.5 Å². The highest BCUT2D eigenvalue weighted by Crippen LogP contribution is 2.28. The van der Waals surface area contributed by atoms with E-state index in [4.69, 9.17) is 0 Å². The third-order valence-electron chi connectivity index (χ3n) is 4.14. The van der Waals surface area contributed by atoms with Crippen LogP contribution in [0.1, 0.15) is 29.0 Å². The summed E-state index contributed by atoms with van der Waals surface area (Å²) in [7, 11) is 0. The highest BCUT2D eigenvalue weighted by Gasteiger charge is 2.36. The molecule has 1 aliphatic rings. The number of nitrogens with zero attached hydrogens (tertiary/aromatic N) is 4. The number of rotatable bonds is 4. The highest BCUT2D eigenvalue weighted by atomic mass is 19.4. The summed E-state index contributed by atoms with van der Waals surface area (Å²) >= 11 is 0. The molecule has 134 valence electrons. The van der Waals surface area contributed by atoms with Crippen LogP contribution in [0, 0.1) is 5.92 Å². The quantitative estimate of drug-likeness (QED) is 0.861. The molecule has 1 amide bonds. The van der Waals surface area contributed by atoms with Crippen LogP contribution in [0.4, 0.5) is 13.2 Å². The van der Waals surface area contributed by atoms with Crippen molar-refractivity contribution in [3.8, 4) is 0 Å². The van der Waals surface area contributed by atoms with Crippen LogP contribution in [0.5, 0.6) is 0 Å². The maximum atomic E-state index is 12.4. The van der Waals surface area contributed by atoms with Crippen LogP contribution < -0.4 is 5.32 Å². The standard InChI is InChI=1S/C15H16F3N5O2/c16-15(17,18)14-20-5-10(6-21-14)13(25)22-11-3-9(4-12(11)24)7-23-2-1-19-8-23/h1-2,5-6,8-9,11-12,24H,3-4,7H2,(H,22,25)/t9?,11-,12-/m1/s1. The van der Waals surface area contributed by atoms with Crippen LogP contribution in [0.15, 0.2) is 31.1 Å². The molecule has 1 fully saturated rings. The Morgan fingerprint density at radius 3 is 2.64 bits per heavy atom. The first kappa shape index (κ1) is 17.3. The number of hydrogen-bond donors (Lipinski definition) is 2. The summed E-state index contributed by atoms with van der Waals surface area (Å²) in [6.45, 7) is 0.673. The number of imidazole rings is 1. The summed E-state index contributed by atoms with van der Waals surface area (Å²) in [5.41, 5.74) is -0.0849. The summed E-state index contributed by atoms with van der Waals surface area (Å²) in [5.74, 6) is -1.75. The molecule has 1 aliphatic carbocycles. The fraction of sp³-hybridized carbons (Fsp3) is 0.467. The Morgan fingerprint density at radius 2 is 2.04 bits per heavy atom. The van der Waals surface area contributed by atoms with E-state index in [0.717, 1.165) is 12.4 Å². The number of amides is 1. The number of carbonyl (C=O) groups excluding carboxylic acids is 1. The lowest BCUT2D eigenvalue weighted by Gasteiger charge is -2.16. The van der Waals surface area contributed by atoms with E-state index in [-0.39, 0.29) is 11.5 Å². The second kappa shape index (κ2) is 6.79. The fourth-order valence-electron chi connectivity index (χ4n) is 2.96. The van der Waals surface area contributed by atoms with E-state index in [2.05, 4.69) is 20.3 Å². The van der Waals surface area contributed by atoms with E-state index >= 15 is 0 Å². The molecule has 25 heavy (non-hydrogen) atoms. The van der Waals surface area contributed by atoms with Gasteiger partial charge in [0, 0.05) is 31.3 Å². The maximum Gasteiger partial charge on any atom is 0.451 e. The molecule has 0 radical (unpaired) electrons. The smallest absolute Gasteiger partial charge is 0.391 e. The van der Waals surface area contributed by atoms with Crippen molar-refractivity contribution in [2.45, 2.75) is 37.7 Å². The number of hydrogen-bond acceptors (Lipinski definition) is 5. The first-order valence-corrected chi connectivity index (χ1v) is 7.67. The van der Waals surface area contributed by atoms with Gasteiger partial charge in [-0.25, -0.2) is 15.0 Å². The molecule has 0 saturated heterocycles.